The summed E-state index contributed by atoms with van der Waals surface area (Å²) in [6, 6.07) is 0. The summed E-state index contributed by atoms with van der Waals surface area (Å²) >= 11 is 0. The van der Waals surface area contributed by atoms with Gasteiger partial charge in [0.15, 0.2) is 0 Å². The predicted molar refractivity (Wildman–Crippen MR) is 45.4 cm³/mol. The smallest absolute Gasteiger partial charge is 0.331 e. The average molecular weight is 184 g/mol. The zero-order chi connectivity index (χ0) is 9.84. The molecule has 0 spiro atoms. The molecule has 1 rings (SSSR count). The number of hydrogen-bond donors (Lipinski definition) is 2. The molecule has 2 N–H and O–H groups in total. The first kappa shape index (κ1) is 9.77. The molecule has 0 saturated carbocycles. The molecule has 0 aliphatic heterocycles. The SMILES string of the molecule is O=C(O)CC1=C(C(=O)O)CCCC1. The van der Waals surface area contributed by atoms with Crippen molar-refractivity contribution < 1.29 is 19.8 Å². The van der Waals surface area contributed by atoms with E-state index < -0.39 is 11.9 Å². The second-order valence-corrected chi connectivity index (χ2v) is 3.16. The van der Waals surface area contributed by atoms with Crippen LogP contribution in [0.4, 0.5) is 0 Å². The highest BCUT2D eigenvalue weighted by atomic mass is 16.4. The third-order valence-corrected chi connectivity index (χ3v) is 2.20. The maximum Gasteiger partial charge on any atom is 0.331 e. The van der Waals surface area contributed by atoms with Crippen LogP contribution in [0.5, 0.6) is 0 Å². The molecule has 0 atom stereocenters. The van der Waals surface area contributed by atoms with Crippen molar-refractivity contribution in [2.75, 3.05) is 0 Å². The Kier molecular flexibility index (Phi) is 3.06. The van der Waals surface area contributed by atoms with Gasteiger partial charge in [0.2, 0.25) is 0 Å². The largest absolute Gasteiger partial charge is 0.481 e. The van der Waals surface area contributed by atoms with E-state index in [1.54, 1.807) is 0 Å². The highest BCUT2D eigenvalue weighted by Crippen LogP contribution is 2.26. The zero-order valence-corrected chi connectivity index (χ0v) is 7.25. The Morgan fingerprint density at radius 2 is 1.77 bits per heavy atom. The van der Waals surface area contributed by atoms with Gasteiger partial charge in [-0.15, -0.1) is 0 Å². The Morgan fingerprint density at radius 1 is 1.15 bits per heavy atom. The third-order valence-electron chi connectivity index (χ3n) is 2.20. The molecule has 0 fully saturated rings. The van der Waals surface area contributed by atoms with Crippen molar-refractivity contribution in [1.82, 2.24) is 0 Å². The van der Waals surface area contributed by atoms with Gasteiger partial charge in [0, 0.05) is 5.57 Å². The number of hydrogen-bond acceptors (Lipinski definition) is 2. The van der Waals surface area contributed by atoms with E-state index in [-0.39, 0.29) is 6.42 Å². The maximum atomic E-state index is 10.7. The molecule has 0 heterocycles. The minimum absolute atomic E-state index is 0.123. The van der Waals surface area contributed by atoms with Crippen molar-refractivity contribution in [3.63, 3.8) is 0 Å². The topological polar surface area (TPSA) is 74.6 Å². The van der Waals surface area contributed by atoms with Crippen molar-refractivity contribution in [3.05, 3.63) is 11.1 Å². The number of carboxylic acid groups (broad SMARTS) is 2. The van der Waals surface area contributed by atoms with Gasteiger partial charge in [-0.3, -0.25) is 4.79 Å². The van der Waals surface area contributed by atoms with Crippen LogP contribution in [-0.2, 0) is 9.59 Å². The molecular weight excluding hydrogens is 172 g/mol. The molecular formula is C9H12O4. The lowest BCUT2D eigenvalue weighted by molar-refractivity contribution is -0.136. The summed E-state index contributed by atoms with van der Waals surface area (Å²) in [7, 11) is 0. The van der Waals surface area contributed by atoms with Crippen LogP contribution in [0.25, 0.3) is 0 Å². The van der Waals surface area contributed by atoms with E-state index in [1.807, 2.05) is 0 Å². The van der Waals surface area contributed by atoms with E-state index in [2.05, 4.69) is 0 Å². The second kappa shape index (κ2) is 4.07. The van der Waals surface area contributed by atoms with Crippen LogP contribution in [0, 0.1) is 0 Å². The van der Waals surface area contributed by atoms with Crippen LogP contribution in [0.15, 0.2) is 11.1 Å². The summed E-state index contributed by atoms with van der Waals surface area (Å²) in [5, 5.41) is 17.3. The highest BCUT2D eigenvalue weighted by Gasteiger charge is 2.19. The first-order chi connectivity index (χ1) is 6.11. The minimum atomic E-state index is -0.962. The van der Waals surface area contributed by atoms with E-state index in [1.165, 1.54) is 0 Å². The van der Waals surface area contributed by atoms with Crippen molar-refractivity contribution >= 4 is 11.9 Å². The molecule has 0 radical (unpaired) electrons. The molecule has 0 saturated heterocycles. The van der Waals surface area contributed by atoms with E-state index in [0.717, 1.165) is 12.8 Å². The van der Waals surface area contributed by atoms with E-state index >= 15 is 0 Å². The summed E-state index contributed by atoms with van der Waals surface area (Å²) in [5.74, 6) is -1.91. The molecule has 4 nitrogen and oxygen atoms in total. The van der Waals surface area contributed by atoms with Gasteiger partial charge in [-0.1, -0.05) is 0 Å². The van der Waals surface area contributed by atoms with Gasteiger partial charge >= 0.3 is 11.9 Å². The van der Waals surface area contributed by atoms with Gasteiger partial charge in [0.05, 0.1) is 6.42 Å². The molecule has 1 aliphatic carbocycles. The second-order valence-electron chi connectivity index (χ2n) is 3.16. The average Bonchev–Trinajstić information content (AvgIpc) is 2.03. The van der Waals surface area contributed by atoms with Crippen molar-refractivity contribution in [2.45, 2.75) is 32.1 Å². The molecule has 0 amide bonds. The van der Waals surface area contributed by atoms with Gasteiger partial charge in [0.25, 0.3) is 0 Å². The minimum Gasteiger partial charge on any atom is -0.481 e. The van der Waals surface area contributed by atoms with Gasteiger partial charge in [0.1, 0.15) is 0 Å². The zero-order valence-electron chi connectivity index (χ0n) is 7.25. The van der Waals surface area contributed by atoms with Gasteiger partial charge < -0.3 is 10.2 Å². The quantitative estimate of drug-likeness (QED) is 0.695. The summed E-state index contributed by atoms with van der Waals surface area (Å²) < 4.78 is 0. The van der Waals surface area contributed by atoms with Crippen LogP contribution in [0.1, 0.15) is 32.1 Å². The molecule has 13 heavy (non-hydrogen) atoms. The van der Waals surface area contributed by atoms with Crippen molar-refractivity contribution in [2.24, 2.45) is 0 Å². The Balaban J connectivity index is 2.83. The van der Waals surface area contributed by atoms with Gasteiger partial charge in [-0.25, -0.2) is 4.79 Å². The normalized spacial score (nSPS) is 17.2. The van der Waals surface area contributed by atoms with E-state index in [4.69, 9.17) is 10.2 Å². The standard InChI is InChI=1S/C9H12O4/c10-8(11)5-6-3-1-2-4-7(6)9(12)13/h1-5H2,(H,10,11)(H,12,13). The maximum absolute atomic E-state index is 10.7. The number of aliphatic carboxylic acids is 2. The summed E-state index contributed by atoms with van der Waals surface area (Å²) in [6.07, 6.45) is 2.76. The van der Waals surface area contributed by atoms with Crippen LogP contribution in [0.2, 0.25) is 0 Å². The van der Waals surface area contributed by atoms with Gasteiger partial charge in [-0.2, -0.15) is 0 Å². The first-order valence-electron chi connectivity index (χ1n) is 4.27. The van der Waals surface area contributed by atoms with Crippen LogP contribution >= 0.6 is 0 Å². The molecule has 0 unspecified atom stereocenters. The van der Waals surface area contributed by atoms with E-state index in [9.17, 15) is 9.59 Å². The van der Waals surface area contributed by atoms with Crippen LogP contribution < -0.4 is 0 Å². The molecule has 0 aromatic rings. The molecule has 1 aliphatic rings. The fourth-order valence-corrected chi connectivity index (χ4v) is 1.60. The Labute approximate surface area is 75.9 Å². The fourth-order valence-electron chi connectivity index (χ4n) is 1.60. The third kappa shape index (κ3) is 2.57. The summed E-state index contributed by atoms with van der Waals surface area (Å²) in [6.45, 7) is 0. The Morgan fingerprint density at radius 3 is 2.31 bits per heavy atom. The Bertz CT molecular complexity index is 265. The van der Waals surface area contributed by atoms with Crippen molar-refractivity contribution in [3.8, 4) is 0 Å². The molecule has 4 heteroatoms. The lowest BCUT2D eigenvalue weighted by Gasteiger charge is -2.15. The monoisotopic (exact) mass is 184 g/mol. The molecule has 0 aromatic carbocycles. The number of carbonyl (C=O) groups is 2. The highest BCUT2D eigenvalue weighted by molar-refractivity contribution is 5.89. The predicted octanol–water partition coefficient (Wildman–Crippen LogP) is 1.42. The molecule has 72 valence electrons. The van der Waals surface area contributed by atoms with E-state index in [0.29, 0.717) is 24.0 Å². The lowest BCUT2D eigenvalue weighted by atomic mass is 9.90. The molecule has 0 bridgehead atoms. The molecule has 0 aromatic heterocycles. The van der Waals surface area contributed by atoms with Crippen LogP contribution in [-0.4, -0.2) is 22.2 Å². The fraction of sp³-hybridized carbons (Fsp3) is 0.556. The summed E-state index contributed by atoms with van der Waals surface area (Å²) in [4.78, 5) is 21.1. The number of rotatable bonds is 3. The van der Waals surface area contributed by atoms with Crippen molar-refractivity contribution in [1.29, 1.82) is 0 Å². The summed E-state index contributed by atoms with van der Waals surface area (Å²) in [5.41, 5.74) is 0.903. The van der Waals surface area contributed by atoms with Crippen LogP contribution in [0.3, 0.4) is 0 Å². The van der Waals surface area contributed by atoms with Gasteiger partial charge in [-0.05, 0) is 31.3 Å². The first-order valence-corrected chi connectivity index (χ1v) is 4.27. The lowest BCUT2D eigenvalue weighted by Crippen LogP contribution is -2.11. The number of carboxylic acids is 2. The Hall–Kier alpha value is -1.32.